The normalized spacial score (nSPS) is 23.3. The number of carbonyl (C=O) groups excluding carboxylic acids is 2. The van der Waals surface area contributed by atoms with Crippen molar-refractivity contribution in [3.63, 3.8) is 0 Å². The fourth-order valence-corrected chi connectivity index (χ4v) is 4.03. The standard InChI is InChI=1S/C22H21NO3/c1-2-26-22(25)17-14-20(21(24)16-9-4-3-5-10-16)23-18-11-7-6-8-15(18)12-13-19(17)23/h3-13,17,19-20H,2,14H2,1H3/t17-,19-,20-/m1/s1. The number of hydrogen-bond acceptors (Lipinski definition) is 4. The number of ketones is 1. The van der Waals surface area contributed by atoms with Crippen LogP contribution in [0.15, 0.2) is 60.7 Å². The lowest BCUT2D eigenvalue weighted by atomic mass is 9.95. The van der Waals surface area contributed by atoms with Crippen LogP contribution in [0.1, 0.15) is 29.3 Å². The Balaban J connectivity index is 1.75. The molecule has 1 fully saturated rings. The van der Waals surface area contributed by atoms with Gasteiger partial charge in [-0.2, -0.15) is 0 Å². The number of Topliss-reactive ketones (excluding diaryl/α,β-unsaturated/α-hetero) is 1. The summed E-state index contributed by atoms with van der Waals surface area (Å²) in [6.07, 6.45) is 4.54. The second-order valence-corrected chi connectivity index (χ2v) is 6.66. The van der Waals surface area contributed by atoms with Crippen LogP contribution < -0.4 is 4.90 Å². The number of carbonyl (C=O) groups is 2. The first-order valence-corrected chi connectivity index (χ1v) is 9.02. The summed E-state index contributed by atoms with van der Waals surface area (Å²) in [5.41, 5.74) is 2.74. The number of anilines is 1. The van der Waals surface area contributed by atoms with Crippen LogP contribution >= 0.6 is 0 Å². The highest BCUT2D eigenvalue weighted by Crippen LogP contribution is 2.42. The van der Waals surface area contributed by atoms with Gasteiger partial charge in [-0.05, 0) is 25.0 Å². The molecule has 132 valence electrons. The minimum atomic E-state index is -0.372. The summed E-state index contributed by atoms with van der Waals surface area (Å²) in [6, 6.07) is 16.8. The van der Waals surface area contributed by atoms with Gasteiger partial charge in [0, 0.05) is 11.3 Å². The molecule has 0 aromatic heterocycles. The molecule has 0 saturated carbocycles. The smallest absolute Gasteiger partial charge is 0.311 e. The first-order valence-electron chi connectivity index (χ1n) is 9.02. The van der Waals surface area contributed by atoms with Crippen molar-refractivity contribution >= 4 is 23.5 Å². The van der Waals surface area contributed by atoms with Crippen LogP contribution in [-0.2, 0) is 9.53 Å². The van der Waals surface area contributed by atoms with Crippen LogP contribution in [0.4, 0.5) is 5.69 Å². The van der Waals surface area contributed by atoms with Crippen LogP contribution in [0, 0.1) is 5.92 Å². The van der Waals surface area contributed by atoms with Gasteiger partial charge in [-0.15, -0.1) is 0 Å². The molecule has 0 unspecified atom stereocenters. The van der Waals surface area contributed by atoms with E-state index >= 15 is 0 Å². The number of nitrogens with zero attached hydrogens (tertiary/aromatic N) is 1. The lowest BCUT2D eigenvalue weighted by Gasteiger charge is -2.35. The van der Waals surface area contributed by atoms with E-state index in [1.807, 2.05) is 73.7 Å². The van der Waals surface area contributed by atoms with Crippen molar-refractivity contribution in [1.82, 2.24) is 0 Å². The predicted molar refractivity (Wildman–Crippen MR) is 101 cm³/mol. The van der Waals surface area contributed by atoms with Crippen molar-refractivity contribution in [2.75, 3.05) is 11.5 Å². The molecule has 1 saturated heterocycles. The Morgan fingerprint density at radius 1 is 1.08 bits per heavy atom. The summed E-state index contributed by atoms with van der Waals surface area (Å²) in [6.45, 7) is 2.16. The third-order valence-corrected chi connectivity index (χ3v) is 5.18. The summed E-state index contributed by atoms with van der Waals surface area (Å²) in [5, 5.41) is 0. The third-order valence-electron chi connectivity index (χ3n) is 5.18. The second kappa shape index (κ2) is 6.79. The highest BCUT2D eigenvalue weighted by Gasteiger charge is 2.48. The van der Waals surface area contributed by atoms with Crippen LogP contribution in [0.3, 0.4) is 0 Å². The van der Waals surface area contributed by atoms with Crippen molar-refractivity contribution < 1.29 is 14.3 Å². The highest BCUT2D eigenvalue weighted by molar-refractivity contribution is 6.03. The first kappa shape index (κ1) is 16.6. The Labute approximate surface area is 153 Å². The summed E-state index contributed by atoms with van der Waals surface area (Å²) in [4.78, 5) is 27.8. The van der Waals surface area contributed by atoms with Crippen molar-refractivity contribution in [3.8, 4) is 0 Å². The van der Waals surface area contributed by atoms with Gasteiger partial charge in [0.25, 0.3) is 0 Å². The molecule has 2 heterocycles. The van der Waals surface area contributed by atoms with Gasteiger partial charge in [0.15, 0.2) is 5.78 Å². The molecule has 0 amide bonds. The van der Waals surface area contributed by atoms with Crippen molar-refractivity contribution in [3.05, 3.63) is 71.8 Å². The van der Waals surface area contributed by atoms with E-state index in [2.05, 4.69) is 4.90 Å². The highest BCUT2D eigenvalue weighted by atomic mass is 16.5. The molecule has 2 aromatic rings. The number of rotatable bonds is 4. The van der Waals surface area contributed by atoms with E-state index in [1.165, 1.54) is 0 Å². The zero-order valence-electron chi connectivity index (χ0n) is 14.7. The van der Waals surface area contributed by atoms with Gasteiger partial charge < -0.3 is 9.64 Å². The molecule has 0 radical (unpaired) electrons. The zero-order valence-corrected chi connectivity index (χ0v) is 14.7. The molecule has 4 nitrogen and oxygen atoms in total. The predicted octanol–water partition coefficient (Wildman–Crippen LogP) is 3.72. The van der Waals surface area contributed by atoms with E-state index in [1.54, 1.807) is 0 Å². The molecule has 0 bridgehead atoms. The monoisotopic (exact) mass is 347 g/mol. The topological polar surface area (TPSA) is 46.6 Å². The molecule has 2 aliphatic rings. The number of hydrogen-bond donors (Lipinski definition) is 0. The van der Waals surface area contributed by atoms with Crippen molar-refractivity contribution in [2.45, 2.75) is 25.4 Å². The van der Waals surface area contributed by atoms with Crippen molar-refractivity contribution in [1.29, 1.82) is 0 Å². The molecular formula is C22H21NO3. The molecule has 26 heavy (non-hydrogen) atoms. The van der Waals surface area contributed by atoms with Gasteiger partial charge >= 0.3 is 5.97 Å². The van der Waals surface area contributed by atoms with E-state index in [0.29, 0.717) is 18.6 Å². The molecular weight excluding hydrogens is 326 g/mol. The van der Waals surface area contributed by atoms with Crippen LogP contribution in [0.5, 0.6) is 0 Å². The Kier molecular flexibility index (Phi) is 4.33. The van der Waals surface area contributed by atoms with Gasteiger partial charge in [-0.1, -0.05) is 60.7 Å². The molecule has 2 aromatic carbocycles. The van der Waals surface area contributed by atoms with Gasteiger partial charge in [-0.25, -0.2) is 0 Å². The molecule has 0 N–H and O–H groups in total. The third kappa shape index (κ3) is 2.71. The van der Waals surface area contributed by atoms with Crippen LogP contribution in [0.25, 0.3) is 6.08 Å². The summed E-state index contributed by atoms with van der Waals surface area (Å²) in [5.74, 6) is -0.514. The maximum absolute atomic E-state index is 13.2. The quantitative estimate of drug-likeness (QED) is 0.625. The number of fused-ring (bicyclic) bond motifs is 3. The minimum absolute atomic E-state index is 0.0486. The lowest BCUT2D eigenvalue weighted by Crippen LogP contribution is -2.43. The fourth-order valence-electron chi connectivity index (χ4n) is 4.03. The van der Waals surface area contributed by atoms with Gasteiger partial charge in [0.2, 0.25) is 0 Å². The summed E-state index contributed by atoms with van der Waals surface area (Å²) in [7, 11) is 0. The second-order valence-electron chi connectivity index (χ2n) is 6.66. The first-order chi connectivity index (χ1) is 12.7. The Morgan fingerprint density at radius 2 is 1.81 bits per heavy atom. The number of esters is 1. The van der Waals surface area contributed by atoms with E-state index in [0.717, 1.165) is 11.3 Å². The average molecular weight is 347 g/mol. The van der Waals surface area contributed by atoms with E-state index < -0.39 is 0 Å². The molecule has 4 rings (SSSR count). The lowest BCUT2D eigenvalue weighted by molar-refractivity contribution is -0.147. The fraction of sp³-hybridized carbons (Fsp3) is 0.273. The summed E-state index contributed by atoms with van der Waals surface area (Å²) >= 11 is 0. The number of para-hydroxylation sites is 1. The van der Waals surface area contributed by atoms with Gasteiger partial charge in [0.05, 0.1) is 24.6 Å². The minimum Gasteiger partial charge on any atom is -0.466 e. The zero-order chi connectivity index (χ0) is 18.1. The number of benzene rings is 2. The maximum atomic E-state index is 13.2. The summed E-state index contributed by atoms with van der Waals surface area (Å²) < 4.78 is 5.29. The molecule has 0 aliphatic carbocycles. The van der Waals surface area contributed by atoms with Gasteiger partial charge in [-0.3, -0.25) is 9.59 Å². The largest absolute Gasteiger partial charge is 0.466 e. The van der Waals surface area contributed by atoms with Crippen molar-refractivity contribution in [2.24, 2.45) is 5.92 Å². The molecule has 2 aliphatic heterocycles. The van der Waals surface area contributed by atoms with Crippen LogP contribution in [0.2, 0.25) is 0 Å². The molecule has 3 atom stereocenters. The van der Waals surface area contributed by atoms with E-state index in [4.69, 9.17) is 4.74 Å². The van der Waals surface area contributed by atoms with E-state index in [9.17, 15) is 9.59 Å². The van der Waals surface area contributed by atoms with Gasteiger partial charge in [0.1, 0.15) is 0 Å². The molecule has 4 heteroatoms. The van der Waals surface area contributed by atoms with E-state index in [-0.39, 0.29) is 29.8 Å². The van der Waals surface area contributed by atoms with Crippen LogP contribution in [-0.4, -0.2) is 30.4 Å². The number of ether oxygens (including phenoxy) is 1. The Bertz CT molecular complexity index is 859. The SMILES string of the molecule is CCOC(=O)[C@@H]1C[C@H](C(=O)c2ccccc2)N2c3ccccc3C=C[C@H]12. The average Bonchev–Trinajstić information content (AvgIpc) is 3.08. The Morgan fingerprint density at radius 3 is 2.58 bits per heavy atom. The molecule has 0 spiro atoms. The maximum Gasteiger partial charge on any atom is 0.311 e. The Hall–Kier alpha value is -2.88.